The molecule has 1 aromatic carbocycles. The van der Waals surface area contributed by atoms with E-state index in [1.165, 1.54) is 29.5 Å². The van der Waals surface area contributed by atoms with Crippen LogP contribution >= 0.6 is 0 Å². The van der Waals surface area contributed by atoms with Gasteiger partial charge in [0.1, 0.15) is 5.75 Å². The molecule has 0 aliphatic carbocycles. The number of benzene rings is 1. The fraction of sp³-hybridized carbons (Fsp3) is 0.600. The Morgan fingerprint density at radius 1 is 1.29 bits per heavy atom. The van der Waals surface area contributed by atoms with Gasteiger partial charge in [0.05, 0.1) is 6.10 Å². The van der Waals surface area contributed by atoms with E-state index in [1.54, 1.807) is 0 Å². The van der Waals surface area contributed by atoms with Crippen LogP contribution in [0.4, 0.5) is 0 Å². The highest BCUT2D eigenvalue weighted by atomic mass is 16.5. The van der Waals surface area contributed by atoms with Crippen LogP contribution in [0.3, 0.4) is 0 Å². The molecule has 0 aromatic heterocycles. The van der Waals surface area contributed by atoms with Crippen molar-refractivity contribution in [2.45, 2.75) is 52.7 Å². The monoisotopic (exact) mass is 233 g/mol. The van der Waals surface area contributed by atoms with Crippen molar-refractivity contribution in [3.63, 3.8) is 0 Å². The summed E-state index contributed by atoms with van der Waals surface area (Å²) in [6.07, 6.45) is 2.71. The predicted octanol–water partition coefficient (Wildman–Crippen LogP) is 3.52. The fourth-order valence-corrected chi connectivity index (χ4v) is 2.43. The van der Waals surface area contributed by atoms with Gasteiger partial charge in [-0.15, -0.1) is 0 Å². The van der Waals surface area contributed by atoms with Gasteiger partial charge in [-0.3, -0.25) is 0 Å². The number of rotatable bonds is 3. The van der Waals surface area contributed by atoms with E-state index in [0.29, 0.717) is 6.04 Å². The van der Waals surface area contributed by atoms with Crippen molar-refractivity contribution in [2.24, 2.45) is 0 Å². The van der Waals surface area contributed by atoms with Gasteiger partial charge >= 0.3 is 0 Å². The summed E-state index contributed by atoms with van der Waals surface area (Å²) in [5.74, 6) is 1.10. The van der Waals surface area contributed by atoms with Crippen LogP contribution < -0.4 is 10.1 Å². The minimum Gasteiger partial charge on any atom is -0.490 e. The van der Waals surface area contributed by atoms with Gasteiger partial charge < -0.3 is 10.1 Å². The third-order valence-corrected chi connectivity index (χ3v) is 3.50. The Balaban J connectivity index is 2.38. The molecule has 0 bridgehead atoms. The summed E-state index contributed by atoms with van der Waals surface area (Å²) >= 11 is 0. The Kier molecular flexibility index (Phi) is 3.72. The predicted molar refractivity (Wildman–Crippen MR) is 71.7 cm³/mol. The molecule has 1 aliphatic heterocycles. The number of hydrogen-bond donors (Lipinski definition) is 1. The number of ether oxygens (including phenoxy) is 1. The number of aryl methyl sites for hydroxylation is 1. The first kappa shape index (κ1) is 12.4. The lowest BCUT2D eigenvalue weighted by molar-refractivity contribution is 0.236. The highest BCUT2D eigenvalue weighted by molar-refractivity contribution is 5.47. The fourth-order valence-electron chi connectivity index (χ4n) is 2.43. The second-order valence-corrected chi connectivity index (χ2v) is 5.24. The molecule has 1 atom stereocenters. The lowest BCUT2D eigenvalue weighted by atomic mass is 9.98. The normalized spacial score (nSPS) is 19.9. The van der Waals surface area contributed by atoms with Gasteiger partial charge in [-0.25, -0.2) is 0 Å². The molecule has 0 radical (unpaired) electrons. The van der Waals surface area contributed by atoms with Crippen molar-refractivity contribution in [3.8, 4) is 5.75 Å². The van der Waals surface area contributed by atoms with Crippen LogP contribution in [-0.2, 0) is 0 Å². The zero-order chi connectivity index (χ0) is 12.4. The second-order valence-electron chi connectivity index (χ2n) is 5.24. The third kappa shape index (κ3) is 2.63. The average Bonchev–Trinajstić information content (AvgIpc) is 2.78. The Morgan fingerprint density at radius 3 is 2.65 bits per heavy atom. The largest absolute Gasteiger partial charge is 0.490 e. The minimum absolute atomic E-state index is 0.232. The summed E-state index contributed by atoms with van der Waals surface area (Å²) in [7, 11) is 0. The van der Waals surface area contributed by atoms with E-state index in [4.69, 9.17) is 4.74 Å². The van der Waals surface area contributed by atoms with Crippen LogP contribution in [0, 0.1) is 13.8 Å². The van der Waals surface area contributed by atoms with E-state index in [2.05, 4.69) is 45.1 Å². The second kappa shape index (κ2) is 5.09. The van der Waals surface area contributed by atoms with E-state index in [1.807, 2.05) is 0 Å². The van der Waals surface area contributed by atoms with Gasteiger partial charge in [0.15, 0.2) is 0 Å². The molecule has 0 amide bonds. The number of hydrogen-bond acceptors (Lipinski definition) is 2. The molecule has 94 valence electrons. The van der Waals surface area contributed by atoms with Crippen LogP contribution in [0.15, 0.2) is 12.1 Å². The van der Waals surface area contributed by atoms with Gasteiger partial charge in [-0.1, -0.05) is 12.1 Å². The van der Waals surface area contributed by atoms with E-state index in [0.717, 1.165) is 12.3 Å². The lowest BCUT2D eigenvalue weighted by Gasteiger charge is -2.21. The van der Waals surface area contributed by atoms with Gasteiger partial charge in [-0.05, 0) is 58.2 Å². The van der Waals surface area contributed by atoms with E-state index < -0.39 is 0 Å². The molecule has 0 spiro atoms. The zero-order valence-corrected chi connectivity index (χ0v) is 11.3. The molecule has 0 saturated carbocycles. The maximum Gasteiger partial charge on any atom is 0.127 e. The molecule has 2 rings (SSSR count). The van der Waals surface area contributed by atoms with Gasteiger partial charge in [0.2, 0.25) is 0 Å². The summed E-state index contributed by atoms with van der Waals surface area (Å²) in [6.45, 7) is 9.61. The SMILES string of the molecule is Cc1ccc(C2CCCN2)c(OC(C)C)c1C. The Morgan fingerprint density at radius 2 is 2.06 bits per heavy atom. The smallest absolute Gasteiger partial charge is 0.127 e. The van der Waals surface area contributed by atoms with Crippen LogP contribution in [0.25, 0.3) is 0 Å². The average molecular weight is 233 g/mol. The van der Waals surface area contributed by atoms with E-state index >= 15 is 0 Å². The molecule has 1 unspecified atom stereocenters. The zero-order valence-electron chi connectivity index (χ0n) is 11.3. The minimum atomic E-state index is 0.232. The quantitative estimate of drug-likeness (QED) is 0.862. The molecule has 2 heteroatoms. The molecular formula is C15H23NO. The highest BCUT2D eigenvalue weighted by Crippen LogP contribution is 2.35. The Hall–Kier alpha value is -1.02. The van der Waals surface area contributed by atoms with Crippen LogP contribution in [0.1, 0.15) is 49.4 Å². The summed E-state index contributed by atoms with van der Waals surface area (Å²) in [4.78, 5) is 0. The van der Waals surface area contributed by atoms with Crippen LogP contribution in [0.5, 0.6) is 5.75 Å². The van der Waals surface area contributed by atoms with Crippen molar-refractivity contribution in [3.05, 3.63) is 28.8 Å². The molecule has 17 heavy (non-hydrogen) atoms. The molecule has 1 saturated heterocycles. The molecule has 1 aliphatic rings. The summed E-state index contributed by atoms with van der Waals surface area (Å²) in [6, 6.07) is 4.91. The maximum absolute atomic E-state index is 6.03. The summed E-state index contributed by atoms with van der Waals surface area (Å²) < 4.78 is 6.03. The first-order chi connectivity index (χ1) is 8.09. The Bertz CT molecular complexity index is 392. The topological polar surface area (TPSA) is 21.3 Å². The maximum atomic E-state index is 6.03. The first-order valence-corrected chi connectivity index (χ1v) is 6.59. The van der Waals surface area contributed by atoms with Crippen molar-refractivity contribution in [1.29, 1.82) is 0 Å². The third-order valence-electron chi connectivity index (χ3n) is 3.50. The molecule has 1 aromatic rings. The molecule has 1 heterocycles. The van der Waals surface area contributed by atoms with E-state index in [-0.39, 0.29) is 6.10 Å². The first-order valence-electron chi connectivity index (χ1n) is 6.59. The van der Waals surface area contributed by atoms with Crippen LogP contribution in [-0.4, -0.2) is 12.6 Å². The van der Waals surface area contributed by atoms with E-state index in [9.17, 15) is 0 Å². The lowest BCUT2D eigenvalue weighted by Crippen LogP contribution is -2.17. The van der Waals surface area contributed by atoms with Gasteiger partial charge in [0.25, 0.3) is 0 Å². The van der Waals surface area contributed by atoms with Crippen molar-refractivity contribution in [2.75, 3.05) is 6.54 Å². The van der Waals surface area contributed by atoms with Crippen molar-refractivity contribution >= 4 is 0 Å². The van der Waals surface area contributed by atoms with Gasteiger partial charge in [0, 0.05) is 11.6 Å². The number of nitrogens with one attached hydrogen (secondary N) is 1. The van der Waals surface area contributed by atoms with Crippen molar-refractivity contribution < 1.29 is 4.74 Å². The summed E-state index contributed by atoms with van der Waals surface area (Å²) in [5.41, 5.74) is 3.92. The van der Waals surface area contributed by atoms with Crippen molar-refractivity contribution in [1.82, 2.24) is 5.32 Å². The molecular weight excluding hydrogens is 210 g/mol. The molecule has 1 N–H and O–H groups in total. The standard InChI is InChI=1S/C15H23NO/c1-10(2)17-15-12(4)11(3)7-8-13(15)14-6-5-9-16-14/h7-8,10,14,16H,5-6,9H2,1-4H3. The molecule has 2 nitrogen and oxygen atoms in total. The van der Waals surface area contributed by atoms with Gasteiger partial charge in [-0.2, -0.15) is 0 Å². The summed E-state index contributed by atoms with van der Waals surface area (Å²) in [5, 5.41) is 3.55. The molecule has 1 fully saturated rings. The van der Waals surface area contributed by atoms with Crippen LogP contribution in [0.2, 0.25) is 0 Å². The highest BCUT2D eigenvalue weighted by Gasteiger charge is 2.22. The Labute approximate surface area is 104 Å².